The lowest BCUT2D eigenvalue weighted by Crippen LogP contribution is -2.36. The first-order chi connectivity index (χ1) is 28.0. The normalized spacial score (nSPS) is 15.9. The predicted molar refractivity (Wildman–Crippen MR) is 235 cm³/mol. The van der Waals surface area contributed by atoms with Crippen molar-refractivity contribution >= 4 is 89.8 Å². The number of pyridine rings is 2. The first-order valence-electron chi connectivity index (χ1n) is 19.0. The van der Waals surface area contributed by atoms with Gasteiger partial charge in [0.2, 0.25) is 0 Å². The lowest BCUT2D eigenvalue weighted by atomic mass is 10.1. The van der Waals surface area contributed by atoms with Gasteiger partial charge in [0.05, 0.1) is 57.7 Å². The number of nitrogens with two attached hydrogens (primary N) is 2. The number of nitrogens with one attached hydrogen (secondary N) is 4. The van der Waals surface area contributed by atoms with Gasteiger partial charge < -0.3 is 50.8 Å². The molecule has 1 atom stereocenters. The average molecular weight is 819 g/mol. The summed E-state index contributed by atoms with van der Waals surface area (Å²) in [5.74, 6) is 0.894. The second-order valence-corrected chi connectivity index (χ2v) is 15.8. The van der Waals surface area contributed by atoms with E-state index >= 15 is 0 Å². The van der Waals surface area contributed by atoms with Gasteiger partial charge in [0, 0.05) is 64.4 Å². The third-order valence-corrected chi connectivity index (χ3v) is 11.5. The number of halogens is 2. The van der Waals surface area contributed by atoms with Crippen LogP contribution in [0, 0.1) is 0 Å². The Morgan fingerprint density at radius 3 is 1.64 bits per heavy atom. The average Bonchev–Trinajstić information content (AvgIpc) is 3.98. The molecule has 0 spiro atoms. The van der Waals surface area contributed by atoms with Crippen molar-refractivity contribution in [3.63, 3.8) is 0 Å². The second kappa shape index (κ2) is 15.0. The van der Waals surface area contributed by atoms with Gasteiger partial charge in [0.1, 0.15) is 22.8 Å². The lowest BCUT2D eigenvalue weighted by molar-refractivity contribution is 0.122. The molecule has 0 saturated carbocycles. The highest BCUT2D eigenvalue weighted by Crippen LogP contribution is 2.33. The standard InChI is InChI=1S/C22H23ClN6O.C20H18ClN5O2/c1-28(2)14-7-8-29(11-14)13-4-6-17-18(10-13)26-21(25-17)19-20(24)15-9-12(23)3-5-16(15)27-22(19)30;21-11-1-3-14-13(9-11)18(22)17(20(27)25-14)19-23-15-4-2-12(10-16(15)24-19)26-5-7-28-8-6-26/h3-6,9-10,14H,7-8,11H2,1-2H3,(H,25,26)(H3,24,27,30);1-4,9-10H,5-8H2,(H,23,24)(H3,22,25,27). The van der Waals surface area contributed by atoms with Gasteiger partial charge in [0.25, 0.3) is 11.1 Å². The molecule has 8 N–H and O–H groups in total. The number of H-pyrrole nitrogens is 4. The SMILES string of the molecule is CN(C)C1CCN(c2ccc3nc(-c4c(N)c5cc(Cl)ccc5[nH]c4=O)[nH]c3c2)C1.Nc1c(-c2nc3ccc(N4CCOCC4)cc3[nH]2)c(=O)[nH]c2ccc(Cl)cc12. The van der Waals surface area contributed by atoms with Crippen LogP contribution in [0.5, 0.6) is 0 Å². The Labute approximate surface area is 341 Å². The van der Waals surface area contributed by atoms with Crippen LogP contribution in [0.25, 0.3) is 66.6 Å². The Balaban J connectivity index is 0.000000151. The summed E-state index contributed by atoms with van der Waals surface area (Å²) < 4.78 is 5.42. The third-order valence-electron chi connectivity index (χ3n) is 11.1. The topological polar surface area (TPSA) is 194 Å². The monoisotopic (exact) mass is 817 g/mol. The molecule has 6 heterocycles. The zero-order chi connectivity index (χ0) is 40.2. The van der Waals surface area contributed by atoms with Crippen molar-refractivity contribution in [3.05, 3.63) is 104 Å². The molecule has 0 radical (unpaired) electrons. The van der Waals surface area contributed by atoms with Gasteiger partial charge in [-0.15, -0.1) is 0 Å². The molecule has 2 saturated heterocycles. The van der Waals surface area contributed by atoms with Gasteiger partial charge >= 0.3 is 0 Å². The molecule has 0 aliphatic carbocycles. The maximum atomic E-state index is 12.8. The number of fused-ring (bicyclic) bond motifs is 4. The molecule has 2 aliphatic rings. The number of hydrogen-bond acceptors (Lipinski definition) is 10. The fourth-order valence-electron chi connectivity index (χ4n) is 7.90. The zero-order valence-electron chi connectivity index (χ0n) is 31.8. The number of nitrogens with zero attached hydrogens (tertiary/aromatic N) is 5. The van der Waals surface area contributed by atoms with E-state index in [1.807, 2.05) is 24.3 Å². The van der Waals surface area contributed by atoms with Crippen molar-refractivity contribution in [2.24, 2.45) is 0 Å². The number of anilines is 4. The molecule has 1 unspecified atom stereocenters. The first kappa shape index (κ1) is 37.5. The molecule has 16 heteroatoms. The van der Waals surface area contributed by atoms with E-state index in [1.165, 1.54) is 0 Å². The highest BCUT2D eigenvalue weighted by atomic mass is 35.5. The number of morpholine rings is 1. The highest BCUT2D eigenvalue weighted by molar-refractivity contribution is 6.32. The quantitative estimate of drug-likeness (QED) is 0.110. The van der Waals surface area contributed by atoms with E-state index < -0.39 is 0 Å². The van der Waals surface area contributed by atoms with Crippen LogP contribution in [-0.2, 0) is 4.74 Å². The molecular weight excluding hydrogens is 777 g/mol. The molecule has 10 rings (SSSR count). The second-order valence-electron chi connectivity index (χ2n) is 14.9. The number of imidazole rings is 2. The number of ether oxygens (including phenoxy) is 1. The molecular formula is C42H41Cl2N11O3. The fourth-order valence-corrected chi connectivity index (χ4v) is 8.24. The summed E-state index contributed by atoms with van der Waals surface area (Å²) in [7, 11) is 4.24. The molecule has 8 aromatic rings. The van der Waals surface area contributed by atoms with Crippen molar-refractivity contribution in [3.8, 4) is 22.8 Å². The van der Waals surface area contributed by atoms with Crippen LogP contribution in [0.2, 0.25) is 10.0 Å². The minimum atomic E-state index is -0.292. The van der Waals surface area contributed by atoms with E-state index in [4.69, 9.17) is 39.4 Å². The number of nitrogen functional groups attached to an aromatic ring is 2. The smallest absolute Gasteiger partial charge is 0.261 e. The van der Waals surface area contributed by atoms with Crippen molar-refractivity contribution in [2.75, 3.05) is 74.8 Å². The maximum absolute atomic E-state index is 12.8. The molecule has 4 aromatic carbocycles. The highest BCUT2D eigenvalue weighted by Gasteiger charge is 2.25. The minimum Gasteiger partial charge on any atom is -0.397 e. The molecule has 0 amide bonds. The number of likely N-dealkylation sites (N-methyl/N-ethyl adjacent to an activating group) is 1. The number of rotatable bonds is 5. The molecule has 58 heavy (non-hydrogen) atoms. The van der Waals surface area contributed by atoms with E-state index in [2.05, 4.69) is 70.8 Å². The number of hydrogen-bond donors (Lipinski definition) is 6. The molecule has 2 aliphatic heterocycles. The van der Waals surface area contributed by atoms with Crippen molar-refractivity contribution in [2.45, 2.75) is 12.5 Å². The predicted octanol–water partition coefficient (Wildman–Crippen LogP) is 6.59. The van der Waals surface area contributed by atoms with Gasteiger partial charge in [-0.2, -0.15) is 0 Å². The summed E-state index contributed by atoms with van der Waals surface area (Å²) in [5, 5.41) is 2.50. The maximum Gasteiger partial charge on any atom is 0.261 e. The van der Waals surface area contributed by atoms with Crippen LogP contribution >= 0.6 is 23.2 Å². The molecule has 296 valence electrons. The van der Waals surface area contributed by atoms with Gasteiger partial charge in [0.15, 0.2) is 0 Å². The van der Waals surface area contributed by atoms with Crippen LogP contribution in [0.15, 0.2) is 82.4 Å². The molecule has 14 nitrogen and oxygen atoms in total. The Hall–Kier alpha value is -6.06. The summed E-state index contributed by atoms with van der Waals surface area (Å²) in [4.78, 5) is 53.8. The van der Waals surface area contributed by atoms with Crippen molar-refractivity contribution < 1.29 is 4.74 Å². The van der Waals surface area contributed by atoms with Crippen LogP contribution in [0.4, 0.5) is 22.7 Å². The van der Waals surface area contributed by atoms with Crippen LogP contribution in [0.3, 0.4) is 0 Å². The number of aromatic nitrogens is 6. The number of benzene rings is 4. The van der Waals surface area contributed by atoms with E-state index in [1.54, 1.807) is 36.4 Å². The number of aromatic amines is 4. The minimum absolute atomic E-state index is 0.282. The van der Waals surface area contributed by atoms with Crippen LogP contribution in [0.1, 0.15) is 6.42 Å². The summed E-state index contributed by atoms with van der Waals surface area (Å²) in [5.41, 5.74) is 20.3. The lowest BCUT2D eigenvalue weighted by Gasteiger charge is -2.28. The zero-order valence-corrected chi connectivity index (χ0v) is 33.3. The molecule has 4 aromatic heterocycles. The Morgan fingerprint density at radius 2 is 1.16 bits per heavy atom. The summed E-state index contributed by atoms with van der Waals surface area (Å²) >= 11 is 12.2. The van der Waals surface area contributed by atoms with Crippen molar-refractivity contribution in [1.82, 2.24) is 34.8 Å². The fraction of sp³-hybridized carbons (Fsp3) is 0.238. The van der Waals surface area contributed by atoms with E-state index in [9.17, 15) is 9.59 Å². The third kappa shape index (κ3) is 6.98. The Morgan fingerprint density at radius 1 is 0.655 bits per heavy atom. The van der Waals surface area contributed by atoms with Gasteiger partial charge in [-0.3, -0.25) is 9.59 Å². The van der Waals surface area contributed by atoms with E-state index in [-0.39, 0.29) is 11.1 Å². The van der Waals surface area contributed by atoms with Crippen molar-refractivity contribution in [1.29, 1.82) is 0 Å². The summed E-state index contributed by atoms with van der Waals surface area (Å²) in [6.07, 6.45) is 1.14. The van der Waals surface area contributed by atoms with Gasteiger partial charge in [-0.05, 0) is 93.3 Å². The van der Waals surface area contributed by atoms with E-state index in [0.29, 0.717) is 72.0 Å². The first-order valence-corrected chi connectivity index (χ1v) is 19.7. The van der Waals surface area contributed by atoms with Crippen LogP contribution < -0.4 is 32.4 Å². The van der Waals surface area contributed by atoms with Gasteiger partial charge in [-0.25, -0.2) is 9.97 Å². The Bertz CT molecular complexity index is 2980. The summed E-state index contributed by atoms with van der Waals surface area (Å²) in [6.45, 7) is 5.16. The molecule has 0 bridgehead atoms. The van der Waals surface area contributed by atoms with E-state index in [0.717, 1.165) is 79.3 Å². The summed E-state index contributed by atoms with van der Waals surface area (Å²) in [6, 6.07) is 23.2. The largest absolute Gasteiger partial charge is 0.397 e. The van der Waals surface area contributed by atoms with Gasteiger partial charge in [-0.1, -0.05) is 23.2 Å². The molecule has 2 fully saturated rings. The van der Waals surface area contributed by atoms with Crippen LogP contribution in [-0.4, -0.2) is 94.3 Å². The Kier molecular flexibility index (Phi) is 9.72.